The molecule has 1 unspecified atom stereocenters. The highest BCUT2D eigenvalue weighted by Crippen LogP contribution is 2.23. The Balaban J connectivity index is 1.49. The van der Waals surface area contributed by atoms with Gasteiger partial charge in [0.25, 0.3) is 0 Å². The zero-order chi connectivity index (χ0) is 21.6. The zero-order valence-corrected chi connectivity index (χ0v) is 16.9. The van der Waals surface area contributed by atoms with E-state index in [4.69, 9.17) is 0 Å². The number of hydrogen-bond acceptors (Lipinski definition) is 8. The van der Waals surface area contributed by atoms with Crippen molar-refractivity contribution < 1.29 is 4.92 Å². The van der Waals surface area contributed by atoms with E-state index in [9.17, 15) is 10.1 Å². The molecule has 31 heavy (non-hydrogen) atoms. The first-order chi connectivity index (χ1) is 15.1. The Morgan fingerprint density at radius 1 is 1.06 bits per heavy atom. The van der Waals surface area contributed by atoms with E-state index < -0.39 is 4.92 Å². The minimum absolute atomic E-state index is 0.0253. The summed E-state index contributed by atoms with van der Waals surface area (Å²) in [5, 5.41) is 19.2. The molecule has 0 amide bonds. The van der Waals surface area contributed by atoms with Crippen LogP contribution in [0.1, 0.15) is 23.1 Å². The fourth-order valence-corrected chi connectivity index (χ4v) is 3.30. The SMILES string of the molecule is CN(Cc1ccccn1)C(Cc1cn(Cn2cnc([N+](=O)[O-])c2)nn1)c1ccccn1. The average Bonchev–Trinajstić information content (AvgIpc) is 3.43. The van der Waals surface area contributed by atoms with Crippen LogP contribution in [0.25, 0.3) is 0 Å². The third-order valence-electron chi connectivity index (χ3n) is 4.80. The lowest BCUT2D eigenvalue weighted by molar-refractivity contribution is -0.389. The van der Waals surface area contributed by atoms with E-state index in [1.807, 2.05) is 49.6 Å². The van der Waals surface area contributed by atoms with E-state index in [2.05, 4.69) is 30.2 Å². The molecule has 0 aliphatic carbocycles. The van der Waals surface area contributed by atoms with Crippen LogP contribution >= 0.6 is 0 Å². The lowest BCUT2D eigenvalue weighted by Crippen LogP contribution is -2.27. The number of likely N-dealkylation sites (N-methyl/N-ethyl adjacent to an activating group) is 1. The van der Waals surface area contributed by atoms with Gasteiger partial charge in [-0.05, 0) is 41.2 Å². The first-order valence-electron chi connectivity index (χ1n) is 9.65. The van der Waals surface area contributed by atoms with Crippen LogP contribution in [0.3, 0.4) is 0 Å². The number of imidazole rings is 1. The van der Waals surface area contributed by atoms with E-state index in [-0.39, 0.29) is 18.5 Å². The number of rotatable bonds is 9. The number of hydrogen-bond donors (Lipinski definition) is 0. The molecule has 4 aromatic heterocycles. The lowest BCUT2D eigenvalue weighted by Gasteiger charge is -2.26. The number of pyridine rings is 2. The Hall–Kier alpha value is -3.99. The van der Waals surface area contributed by atoms with Gasteiger partial charge in [-0.25, -0.2) is 4.68 Å². The van der Waals surface area contributed by atoms with Crippen molar-refractivity contribution in [2.45, 2.75) is 25.7 Å². The molecular weight excluding hydrogens is 398 g/mol. The topological polar surface area (TPSA) is 121 Å². The Morgan fingerprint density at radius 2 is 1.87 bits per heavy atom. The van der Waals surface area contributed by atoms with Crippen LogP contribution in [0.5, 0.6) is 0 Å². The maximum atomic E-state index is 10.8. The lowest BCUT2D eigenvalue weighted by atomic mass is 10.1. The van der Waals surface area contributed by atoms with Gasteiger partial charge in [-0.3, -0.25) is 19.4 Å². The monoisotopic (exact) mass is 419 g/mol. The molecule has 0 bridgehead atoms. The van der Waals surface area contributed by atoms with Crippen LogP contribution in [0.4, 0.5) is 5.82 Å². The van der Waals surface area contributed by atoms with Gasteiger partial charge in [0.1, 0.15) is 12.9 Å². The molecule has 0 aromatic carbocycles. The molecule has 0 fully saturated rings. The molecule has 0 radical (unpaired) electrons. The Labute approximate surface area is 178 Å². The van der Waals surface area contributed by atoms with Crippen LogP contribution in [0.2, 0.25) is 0 Å². The van der Waals surface area contributed by atoms with Gasteiger partial charge in [-0.2, -0.15) is 0 Å². The highest BCUT2D eigenvalue weighted by Gasteiger charge is 2.21. The van der Waals surface area contributed by atoms with Gasteiger partial charge in [0.15, 0.2) is 0 Å². The quantitative estimate of drug-likeness (QED) is 0.299. The molecule has 1 atom stereocenters. The van der Waals surface area contributed by atoms with Crippen LogP contribution in [-0.4, -0.2) is 51.4 Å². The van der Waals surface area contributed by atoms with Gasteiger partial charge in [-0.1, -0.05) is 17.3 Å². The van der Waals surface area contributed by atoms with E-state index in [1.165, 1.54) is 12.5 Å². The largest absolute Gasteiger partial charge is 0.381 e. The van der Waals surface area contributed by atoms with Gasteiger partial charge in [0.05, 0.1) is 29.3 Å². The summed E-state index contributed by atoms with van der Waals surface area (Å²) < 4.78 is 3.20. The molecule has 158 valence electrons. The van der Waals surface area contributed by atoms with E-state index >= 15 is 0 Å². The first kappa shape index (κ1) is 20.3. The van der Waals surface area contributed by atoms with E-state index in [0.29, 0.717) is 13.0 Å². The Bertz CT molecular complexity index is 1130. The summed E-state index contributed by atoms with van der Waals surface area (Å²) in [5.41, 5.74) is 2.69. The molecule has 0 aliphatic rings. The van der Waals surface area contributed by atoms with Crippen molar-refractivity contribution in [1.29, 1.82) is 0 Å². The molecule has 0 saturated heterocycles. The van der Waals surface area contributed by atoms with Crippen molar-refractivity contribution in [3.63, 3.8) is 0 Å². The summed E-state index contributed by atoms with van der Waals surface area (Å²) in [4.78, 5) is 25.2. The van der Waals surface area contributed by atoms with Gasteiger partial charge in [0.2, 0.25) is 6.33 Å². The van der Waals surface area contributed by atoms with Crippen LogP contribution < -0.4 is 0 Å². The van der Waals surface area contributed by atoms with Crippen molar-refractivity contribution in [2.75, 3.05) is 7.05 Å². The molecule has 4 heterocycles. The maximum Gasteiger partial charge on any atom is 0.381 e. The van der Waals surface area contributed by atoms with Crippen molar-refractivity contribution in [3.8, 4) is 0 Å². The zero-order valence-electron chi connectivity index (χ0n) is 16.9. The number of nitro groups is 1. The van der Waals surface area contributed by atoms with Crippen molar-refractivity contribution in [1.82, 2.24) is 39.4 Å². The van der Waals surface area contributed by atoms with Crippen molar-refractivity contribution >= 4 is 5.82 Å². The minimum atomic E-state index is -0.530. The molecule has 11 heteroatoms. The summed E-state index contributed by atoms with van der Waals surface area (Å²) in [6.45, 7) is 0.945. The third kappa shape index (κ3) is 5.14. The molecule has 0 N–H and O–H groups in total. The fourth-order valence-electron chi connectivity index (χ4n) is 3.30. The third-order valence-corrected chi connectivity index (χ3v) is 4.80. The molecule has 4 rings (SSSR count). The summed E-state index contributed by atoms with van der Waals surface area (Å²) in [6.07, 6.45) is 8.75. The van der Waals surface area contributed by atoms with Gasteiger partial charge in [-0.15, -0.1) is 5.10 Å². The highest BCUT2D eigenvalue weighted by molar-refractivity contribution is 5.14. The van der Waals surface area contributed by atoms with Gasteiger partial charge >= 0.3 is 5.82 Å². The predicted octanol–water partition coefficient (Wildman–Crippen LogP) is 2.09. The molecule has 0 saturated carbocycles. The molecule has 4 aromatic rings. The summed E-state index contributed by atoms with van der Waals surface area (Å²) in [5.74, 6) is -0.202. The number of aromatic nitrogens is 7. The minimum Gasteiger partial charge on any atom is -0.358 e. The second kappa shape index (κ2) is 9.22. The Morgan fingerprint density at radius 3 is 2.55 bits per heavy atom. The fraction of sp³-hybridized carbons (Fsp3) is 0.250. The summed E-state index contributed by atoms with van der Waals surface area (Å²) in [7, 11) is 2.03. The summed E-state index contributed by atoms with van der Waals surface area (Å²) in [6, 6.07) is 11.7. The Kier molecular flexibility index (Phi) is 6.03. The van der Waals surface area contributed by atoms with Gasteiger partial charge in [0, 0.05) is 25.4 Å². The van der Waals surface area contributed by atoms with Gasteiger partial charge < -0.3 is 10.1 Å². The number of nitrogens with zero attached hydrogens (tertiary/aromatic N) is 9. The maximum absolute atomic E-state index is 10.8. The predicted molar refractivity (Wildman–Crippen MR) is 111 cm³/mol. The molecule has 0 spiro atoms. The van der Waals surface area contributed by atoms with Crippen molar-refractivity contribution in [3.05, 3.63) is 94.7 Å². The first-order valence-corrected chi connectivity index (χ1v) is 9.65. The summed E-state index contributed by atoms with van der Waals surface area (Å²) >= 11 is 0. The van der Waals surface area contributed by atoms with Crippen LogP contribution in [-0.2, 0) is 19.6 Å². The normalized spacial score (nSPS) is 12.2. The van der Waals surface area contributed by atoms with Crippen LogP contribution in [0.15, 0.2) is 67.5 Å². The smallest absolute Gasteiger partial charge is 0.358 e. The highest BCUT2D eigenvalue weighted by atomic mass is 16.6. The molecule has 11 nitrogen and oxygen atoms in total. The molecular formula is C20H21N9O2. The van der Waals surface area contributed by atoms with Crippen molar-refractivity contribution in [2.24, 2.45) is 0 Å². The second-order valence-corrected chi connectivity index (χ2v) is 7.10. The van der Waals surface area contributed by atoms with E-state index in [0.717, 1.165) is 17.1 Å². The molecule has 0 aliphatic heterocycles. The second-order valence-electron chi connectivity index (χ2n) is 7.10. The standard InChI is InChI=1S/C20H21N9O2/c1-26(11-16-6-2-4-8-21-16)19(18-7-3-5-9-22-18)10-17-12-28(25-24-17)15-27-13-20(23-14-27)29(30)31/h2-9,12-14,19H,10-11,15H2,1H3. The van der Waals surface area contributed by atoms with E-state index in [1.54, 1.807) is 21.6 Å². The average molecular weight is 419 g/mol. The van der Waals surface area contributed by atoms with Crippen LogP contribution in [0, 0.1) is 10.1 Å².